The molecule has 2 aromatic carbocycles. The van der Waals surface area contributed by atoms with E-state index in [1.807, 2.05) is 37.3 Å². The molecule has 0 unspecified atom stereocenters. The fourth-order valence-corrected chi connectivity index (χ4v) is 2.31. The van der Waals surface area contributed by atoms with Crippen molar-refractivity contribution >= 4 is 17.8 Å². The number of aryl methyl sites for hydroxylation is 1. The number of rotatable bonds is 7. The number of carbonyl (C=O) groups excluding carboxylic acids is 1. The van der Waals surface area contributed by atoms with Crippen molar-refractivity contribution in [1.29, 1.82) is 0 Å². The number of nitrogens with zero attached hydrogens (tertiary/aromatic N) is 4. The maximum Gasteiger partial charge on any atom is 0.262 e. The zero-order valence-electron chi connectivity index (χ0n) is 15.0. The van der Waals surface area contributed by atoms with Crippen LogP contribution in [0.5, 0.6) is 11.5 Å². The van der Waals surface area contributed by atoms with E-state index in [0.717, 1.165) is 16.8 Å². The van der Waals surface area contributed by atoms with Crippen LogP contribution < -0.4 is 14.8 Å². The van der Waals surface area contributed by atoms with Gasteiger partial charge in [-0.2, -0.15) is 5.10 Å². The van der Waals surface area contributed by atoms with Crippen LogP contribution in [0.2, 0.25) is 0 Å². The smallest absolute Gasteiger partial charge is 0.262 e. The number of amides is 1. The van der Waals surface area contributed by atoms with Gasteiger partial charge in [0.1, 0.15) is 12.7 Å². The van der Waals surface area contributed by atoms with Crippen molar-refractivity contribution < 1.29 is 14.3 Å². The highest BCUT2D eigenvalue weighted by molar-refractivity contribution is 5.92. The number of carbonyl (C=O) groups is 1. The van der Waals surface area contributed by atoms with Crippen LogP contribution in [0, 0.1) is 6.92 Å². The van der Waals surface area contributed by atoms with Gasteiger partial charge in [-0.3, -0.25) is 4.79 Å². The Kier molecular flexibility index (Phi) is 5.78. The molecule has 0 saturated heterocycles. The van der Waals surface area contributed by atoms with Crippen LogP contribution in [0.15, 0.2) is 60.2 Å². The van der Waals surface area contributed by atoms with Crippen LogP contribution in [-0.4, -0.2) is 40.7 Å². The molecule has 138 valence electrons. The number of methoxy groups -OCH3 is 1. The lowest BCUT2D eigenvalue weighted by Gasteiger charge is -2.12. The Morgan fingerprint density at radius 1 is 1.19 bits per heavy atom. The Morgan fingerprint density at radius 2 is 1.96 bits per heavy atom. The van der Waals surface area contributed by atoms with Gasteiger partial charge in [-0.05, 0) is 42.3 Å². The van der Waals surface area contributed by atoms with E-state index in [0.29, 0.717) is 11.5 Å². The van der Waals surface area contributed by atoms with Crippen LogP contribution in [-0.2, 0) is 4.79 Å². The zero-order valence-corrected chi connectivity index (χ0v) is 15.0. The molecule has 0 radical (unpaired) electrons. The molecule has 27 heavy (non-hydrogen) atoms. The van der Waals surface area contributed by atoms with Crippen LogP contribution in [0.3, 0.4) is 0 Å². The van der Waals surface area contributed by atoms with Gasteiger partial charge < -0.3 is 14.8 Å². The fourth-order valence-electron chi connectivity index (χ4n) is 2.31. The van der Waals surface area contributed by atoms with Gasteiger partial charge in [0.05, 0.1) is 13.3 Å². The third kappa shape index (κ3) is 4.91. The van der Waals surface area contributed by atoms with Crippen LogP contribution in [0.4, 0.5) is 5.69 Å². The number of para-hydroxylation sites is 1. The maximum absolute atomic E-state index is 12.1. The summed E-state index contributed by atoms with van der Waals surface area (Å²) in [5.74, 6) is 0.731. The molecule has 0 atom stereocenters. The van der Waals surface area contributed by atoms with E-state index in [4.69, 9.17) is 9.47 Å². The lowest BCUT2D eigenvalue weighted by atomic mass is 10.2. The summed E-state index contributed by atoms with van der Waals surface area (Å²) in [4.78, 5) is 12.1. The molecule has 0 saturated carbocycles. The third-order valence-electron chi connectivity index (χ3n) is 3.71. The summed E-state index contributed by atoms with van der Waals surface area (Å²) in [5.41, 5.74) is 2.55. The van der Waals surface area contributed by atoms with E-state index in [2.05, 4.69) is 20.6 Å². The standard InChI is InChI=1S/C19H19N5O3/c1-14-5-3-4-6-16(14)23-19(25)11-27-17-8-7-15(9-18(17)26-2)10-22-24-12-20-21-13-24/h3-10,12-13H,11H2,1-2H3,(H,23,25)/b22-10-. The third-order valence-corrected chi connectivity index (χ3v) is 3.71. The molecule has 3 rings (SSSR count). The van der Waals surface area contributed by atoms with Crippen LogP contribution in [0.25, 0.3) is 0 Å². The zero-order chi connectivity index (χ0) is 19.1. The number of benzene rings is 2. The van der Waals surface area contributed by atoms with Gasteiger partial charge in [0.2, 0.25) is 0 Å². The fraction of sp³-hybridized carbons (Fsp3) is 0.158. The number of hydrogen-bond donors (Lipinski definition) is 1. The summed E-state index contributed by atoms with van der Waals surface area (Å²) in [5, 5.41) is 14.4. The first-order chi connectivity index (χ1) is 13.2. The highest BCUT2D eigenvalue weighted by atomic mass is 16.5. The summed E-state index contributed by atoms with van der Waals surface area (Å²) < 4.78 is 12.4. The minimum absolute atomic E-state index is 0.126. The van der Waals surface area contributed by atoms with E-state index >= 15 is 0 Å². The predicted molar refractivity (Wildman–Crippen MR) is 101 cm³/mol. The molecule has 1 heterocycles. The second-order valence-corrected chi connectivity index (χ2v) is 5.65. The normalized spacial score (nSPS) is 10.7. The van der Waals surface area contributed by atoms with Crippen LogP contribution >= 0.6 is 0 Å². The van der Waals surface area contributed by atoms with Crippen molar-refractivity contribution in [3.63, 3.8) is 0 Å². The Hall–Kier alpha value is -3.68. The summed E-state index contributed by atoms with van der Waals surface area (Å²) in [6.45, 7) is 1.80. The van der Waals surface area contributed by atoms with Gasteiger partial charge >= 0.3 is 0 Å². The summed E-state index contributed by atoms with van der Waals surface area (Å²) in [7, 11) is 1.54. The number of aromatic nitrogens is 3. The second-order valence-electron chi connectivity index (χ2n) is 5.65. The molecule has 1 N–H and O–H groups in total. The average molecular weight is 365 g/mol. The highest BCUT2D eigenvalue weighted by Gasteiger charge is 2.09. The molecule has 0 bridgehead atoms. The lowest BCUT2D eigenvalue weighted by Crippen LogP contribution is -2.20. The van der Waals surface area contributed by atoms with Crippen molar-refractivity contribution in [2.75, 3.05) is 19.0 Å². The molecule has 0 spiro atoms. The molecule has 8 nitrogen and oxygen atoms in total. The molecule has 3 aromatic rings. The second kappa shape index (κ2) is 8.61. The first-order valence-corrected chi connectivity index (χ1v) is 8.21. The van der Waals surface area contributed by atoms with Gasteiger partial charge in [-0.15, -0.1) is 10.2 Å². The topological polar surface area (TPSA) is 90.6 Å². The Balaban J connectivity index is 1.62. The minimum atomic E-state index is -0.246. The summed E-state index contributed by atoms with van der Waals surface area (Å²) >= 11 is 0. The lowest BCUT2D eigenvalue weighted by molar-refractivity contribution is -0.118. The van der Waals surface area contributed by atoms with Crippen molar-refractivity contribution in [2.24, 2.45) is 5.10 Å². The van der Waals surface area contributed by atoms with Gasteiger partial charge in [0.25, 0.3) is 5.91 Å². The molecule has 0 fully saturated rings. The minimum Gasteiger partial charge on any atom is -0.493 e. The van der Waals surface area contributed by atoms with E-state index < -0.39 is 0 Å². The summed E-state index contributed by atoms with van der Waals surface area (Å²) in [6, 6.07) is 12.9. The SMILES string of the molecule is COc1cc(/C=N\n2cnnc2)ccc1OCC(=O)Nc1ccccc1C. The van der Waals surface area contributed by atoms with Gasteiger partial charge in [0.15, 0.2) is 18.1 Å². The highest BCUT2D eigenvalue weighted by Crippen LogP contribution is 2.27. The molecular formula is C19H19N5O3. The quantitative estimate of drug-likeness (QED) is 0.650. The number of ether oxygens (including phenoxy) is 2. The maximum atomic E-state index is 12.1. The molecule has 1 aromatic heterocycles. The number of hydrogen-bond acceptors (Lipinski definition) is 6. The average Bonchev–Trinajstić information content (AvgIpc) is 3.20. The Labute approximate surface area is 156 Å². The molecule has 0 aliphatic carbocycles. The molecular weight excluding hydrogens is 346 g/mol. The molecule has 8 heteroatoms. The van der Waals surface area contributed by atoms with Crippen molar-refractivity contribution in [1.82, 2.24) is 14.9 Å². The van der Waals surface area contributed by atoms with Gasteiger partial charge in [0, 0.05) is 5.69 Å². The van der Waals surface area contributed by atoms with E-state index in [1.165, 1.54) is 24.4 Å². The monoisotopic (exact) mass is 365 g/mol. The first kappa shape index (κ1) is 18.1. The van der Waals surface area contributed by atoms with Gasteiger partial charge in [-0.1, -0.05) is 18.2 Å². The Bertz CT molecular complexity index is 938. The van der Waals surface area contributed by atoms with Gasteiger partial charge in [-0.25, -0.2) is 4.68 Å². The largest absolute Gasteiger partial charge is 0.493 e. The molecule has 0 aliphatic rings. The number of anilines is 1. The first-order valence-electron chi connectivity index (χ1n) is 8.21. The van der Waals surface area contributed by atoms with E-state index in [1.54, 1.807) is 18.3 Å². The number of nitrogens with one attached hydrogen (secondary N) is 1. The molecule has 1 amide bonds. The molecule has 0 aliphatic heterocycles. The van der Waals surface area contributed by atoms with Crippen LogP contribution in [0.1, 0.15) is 11.1 Å². The Morgan fingerprint density at radius 3 is 2.70 bits per heavy atom. The summed E-state index contributed by atoms with van der Waals surface area (Å²) in [6.07, 6.45) is 4.61. The predicted octanol–water partition coefficient (Wildman–Crippen LogP) is 2.49. The van der Waals surface area contributed by atoms with E-state index in [-0.39, 0.29) is 12.5 Å². The van der Waals surface area contributed by atoms with E-state index in [9.17, 15) is 4.79 Å². The van der Waals surface area contributed by atoms with Crippen molar-refractivity contribution in [3.8, 4) is 11.5 Å². The van der Waals surface area contributed by atoms with Crippen molar-refractivity contribution in [2.45, 2.75) is 6.92 Å². The van der Waals surface area contributed by atoms with Crippen molar-refractivity contribution in [3.05, 3.63) is 66.2 Å².